The van der Waals surface area contributed by atoms with E-state index in [4.69, 9.17) is 4.74 Å². The van der Waals surface area contributed by atoms with Crippen LogP contribution in [0.4, 0.5) is 8.78 Å². The largest absolute Gasteiger partial charge is 0.488 e. The van der Waals surface area contributed by atoms with E-state index in [1.54, 1.807) is 12.1 Å². The van der Waals surface area contributed by atoms with Crippen LogP contribution in [0.1, 0.15) is 18.9 Å². The van der Waals surface area contributed by atoms with Crippen LogP contribution in [0, 0.1) is 0 Å². The first-order chi connectivity index (χ1) is 7.58. The van der Waals surface area contributed by atoms with Crippen molar-refractivity contribution in [1.29, 1.82) is 0 Å². The van der Waals surface area contributed by atoms with Gasteiger partial charge >= 0.3 is 0 Å². The van der Waals surface area contributed by atoms with Gasteiger partial charge in [0, 0.05) is 3.92 Å². The zero-order valence-electron chi connectivity index (χ0n) is 9.13. The van der Waals surface area contributed by atoms with Crippen LogP contribution in [0.25, 0.3) is 0 Å². The molecule has 0 aliphatic carbocycles. The maximum absolute atomic E-state index is 11.9. The van der Waals surface area contributed by atoms with Gasteiger partial charge in [0.25, 0.3) is 6.43 Å². The molecule has 0 aliphatic rings. The van der Waals surface area contributed by atoms with Crippen molar-refractivity contribution in [1.82, 2.24) is 0 Å². The predicted octanol–water partition coefficient (Wildman–Crippen LogP) is 4.09. The smallest absolute Gasteiger partial charge is 0.272 e. The normalized spacial score (nSPS) is 12.8. The van der Waals surface area contributed by atoms with Crippen molar-refractivity contribution in [3.8, 4) is 5.75 Å². The Hall–Kier alpha value is -0.390. The minimum Gasteiger partial charge on any atom is -0.488 e. The lowest BCUT2D eigenvalue weighted by Gasteiger charge is -2.07. The van der Waals surface area contributed by atoms with Crippen LogP contribution in [0.15, 0.2) is 24.3 Å². The fourth-order valence-electron chi connectivity index (χ4n) is 1.28. The molecule has 0 fully saturated rings. The Labute approximate surface area is 108 Å². The third-order valence-electron chi connectivity index (χ3n) is 2.13. The summed E-state index contributed by atoms with van der Waals surface area (Å²) in [4.78, 5) is 0. The molecule has 1 aromatic carbocycles. The van der Waals surface area contributed by atoms with E-state index < -0.39 is 13.0 Å². The molecule has 0 N–H and O–H groups in total. The molecule has 16 heavy (non-hydrogen) atoms. The molecule has 1 aromatic rings. The number of halogens is 3. The summed E-state index contributed by atoms with van der Waals surface area (Å²) in [5, 5.41) is 0. The average Bonchev–Trinajstić information content (AvgIpc) is 2.25. The van der Waals surface area contributed by atoms with E-state index in [1.807, 2.05) is 12.1 Å². The third kappa shape index (κ3) is 5.63. The molecule has 0 saturated carbocycles. The molecule has 90 valence electrons. The van der Waals surface area contributed by atoms with Gasteiger partial charge in [-0.25, -0.2) is 8.78 Å². The highest BCUT2D eigenvalue weighted by Crippen LogP contribution is 2.16. The maximum atomic E-state index is 11.9. The Morgan fingerprint density at radius 1 is 1.25 bits per heavy atom. The van der Waals surface area contributed by atoms with Crippen LogP contribution >= 0.6 is 22.6 Å². The van der Waals surface area contributed by atoms with Gasteiger partial charge in [-0.05, 0) is 30.5 Å². The summed E-state index contributed by atoms with van der Waals surface area (Å²) in [6.07, 6.45) is -0.281. The van der Waals surface area contributed by atoms with Gasteiger partial charge in [0.15, 0.2) is 0 Å². The number of ether oxygens (including phenoxy) is 1. The van der Waals surface area contributed by atoms with Crippen molar-refractivity contribution in [2.45, 2.75) is 30.1 Å². The summed E-state index contributed by atoms with van der Waals surface area (Å²) in [7, 11) is 0. The lowest BCUT2D eigenvalue weighted by atomic mass is 10.1. The Balaban J connectivity index is 2.41. The summed E-state index contributed by atoms with van der Waals surface area (Å²) in [5.41, 5.74) is 1.22. The molecular formula is C12H15F2IO. The van der Waals surface area contributed by atoms with Crippen molar-refractivity contribution >= 4 is 22.6 Å². The Bertz CT molecular complexity index is 267. The molecule has 1 unspecified atom stereocenters. The summed E-state index contributed by atoms with van der Waals surface area (Å²) in [6, 6.07) is 7.35. The van der Waals surface area contributed by atoms with Gasteiger partial charge in [-0.3, -0.25) is 0 Å². The number of rotatable bonds is 6. The molecule has 0 radical (unpaired) electrons. The average molecular weight is 340 g/mol. The minimum absolute atomic E-state index is 0.506. The van der Waals surface area contributed by atoms with Gasteiger partial charge in [-0.1, -0.05) is 41.6 Å². The topological polar surface area (TPSA) is 9.23 Å². The van der Waals surface area contributed by atoms with E-state index >= 15 is 0 Å². The molecule has 0 heterocycles. The van der Waals surface area contributed by atoms with Gasteiger partial charge in [0.05, 0.1) is 0 Å². The maximum Gasteiger partial charge on any atom is 0.272 e. The molecule has 1 rings (SSSR count). The highest BCUT2D eigenvalue weighted by Gasteiger charge is 2.03. The number of benzene rings is 1. The molecule has 0 saturated heterocycles. The fourth-order valence-corrected chi connectivity index (χ4v) is 1.59. The molecule has 0 aromatic heterocycles. The van der Waals surface area contributed by atoms with Crippen molar-refractivity contribution in [2.75, 3.05) is 6.61 Å². The summed E-state index contributed by atoms with van der Waals surface area (Å²) in [6.45, 7) is 1.63. The first kappa shape index (κ1) is 13.7. The Morgan fingerprint density at radius 2 is 1.88 bits per heavy atom. The molecular weight excluding hydrogens is 325 g/mol. The first-order valence-electron chi connectivity index (χ1n) is 5.22. The van der Waals surface area contributed by atoms with Gasteiger partial charge in [0.1, 0.15) is 12.4 Å². The summed E-state index contributed by atoms with van der Waals surface area (Å²) in [5.74, 6) is 0.506. The summed E-state index contributed by atoms with van der Waals surface area (Å²) >= 11 is 2.39. The van der Waals surface area contributed by atoms with Crippen LogP contribution < -0.4 is 4.74 Å². The van der Waals surface area contributed by atoms with E-state index in [1.165, 1.54) is 5.56 Å². The minimum atomic E-state index is -2.42. The zero-order chi connectivity index (χ0) is 12.0. The van der Waals surface area contributed by atoms with Crippen molar-refractivity contribution in [2.24, 2.45) is 0 Å². The van der Waals surface area contributed by atoms with Crippen molar-refractivity contribution in [3.05, 3.63) is 29.8 Å². The molecule has 1 nitrogen and oxygen atoms in total. The number of aryl methyl sites for hydroxylation is 1. The van der Waals surface area contributed by atoms with E-state index in [9.17, 15) is 8.78 Å². The SMILES string of the molecule is CC(I)CCc1ccc(OCC(F)F)cc1. The standard InChI is InChI=1S/C12H15F2IO/c1-9(15)2-3-10-4-6-11(7-5-10)16-8-12(13)14/h4-7,9,12H,2-3,8H2,1H3. The Kier molecular flexibility index (Phi) is 6.01. The molecule has 4 heteroatoms. The van der Waals surface area contributed by atoms with Gasteiger partial charge < -0.3 is 4.74 Å². The quantitative estimate of drug-likeness (QED) is 0.560. The third-order valence-corrected chi connectivity index (χ3v) is 2.75. The Morgan fingerprint density at radius 3 is 2.38 bits per heavy atom. The van der Waals surface area contributed by atoms with E-state index in [-0.39, 0.29) is 0 Å². The second-order valence-corrected chi connectivity index (χ2v) is 5.79. The molecule has 0 aliphatic heterocycles. The van der Waals surface area contributed by atoms with Crippen LogP contribution in [0.5, 0.6) is 5.75 Å². The molecule has 1 atom stereocenters. The van der Waals surface area contributed by atoms with Crippen LogP contribution in [-0.4, -0.2) is 17.0 Å². The van der Waals surface area contributed by atoms with E-state index in [0.29, 0.717) is 9.67 Å². The molecule has 0 spiro atoms. The van der Waals surface area contributed by atoms with Gasteiger partial charge in [-0.2, -0.15) is 0 Å². The van der Waals surface area contributed by atoms with Crippen LogP contribution in [0.2, 0.25) is 0 Å². The lowest BCUT2D eigenvalue weighted by Crippen LogP contribution is -2.06. The van der Waals surface area contributed by atoms with Crippen LogP contribution in [0.3, 0.4) is 0 Å². The lowest BCUT2D eigenvalue weighted by molar-refractivity contribution is 0.0819. The van der Waals surface area contributed by atoms with E-state index in [2.05, 4.69) is 29.5 Å². The molecule has 0 bridgehead atoms. The van der Waals surface area contributed by atoms with Crippen molar-refractivity contribution in [3.63, 3.8) is 0 Å². The van der Waals surface area contributed by atoms with Gasteiger partial charge in [0.2, 0.25) is 0 Å². The molecule has 0 amide bonds. The second kappa shape index (κ2) is 7.04. The summed E-state index contributed by atoms with van der Waals surface area (Å²) < 4.78 is 29.3. The number of hydrogen-bond acceptors (Lipinski definition) is 1. The van der Waals surface area contributed by atoms with Gasteiger partial charge in [-0.15, -0.1) is 0 Å². The number of hydrogen-bond donors (Lipinski definition) is 0. The highest BCUT2D eigenvalue weighted by atomic mass is 127. The fraction of sp³-hybridized carbons (Fsp3) is 0.500. The van der Waals surface area contributed by atoms with Crippen molar-refractivity contribution < 1.29 is 13.5 Å². The zero-order valence-corrected chi connectivity index (χ0v) is 11.3. The van der Waals surface area contributed by atoms with Crippen LogP contribution in [-0.2, 0) is 6.42 Å². The first-order valence-corrected chi connectivity index (χ1v) is 6.46. The monoisotopic (exact) mass is 340 g/mol. The second-order valence-electron chi connectivity index (χ2n) is 3.67. The predicted molar refractivity (Wildman–Crippen MR) is 69.7 cm³/mol. The highest BCUT2D eigenvalue weighted by molar-refractivity contribution is 14.1. The number of alkyl halides is 3. The van der Waals surface area contributed by atoms with E-state index in [0.717, 1.165) is 12.8 Å².